The van der Waals surface area contributed by atoms with E-state index in [9.17, 15) is 38.4 Å². The number of cyclic esters (lactones) is 2. The Kier molecular flexibility index (Phi) is 17.0. The fourth-order valence-electron chi connectivity index (χ4n) is 8.22. The highest BCUT2D eigenvalue weighted by molar-refractivity contribution is 6.35. The fraction of sp³-hybridized carbons (Fsp3) is 0. The van der Waals surface area contributed by atoms with Crippen LogP contribution in [-0.2, 0) is 4.74 Å². The van der Waals surface area contributed by atoms with Crippen LogP contribution in [-0.4, -0.2) is 47.4 Å². The van der Waals surface area contributed by atoms with Gasteiger partial charge in [0.05, 0.1) is 27.9 Å². The average Bonchev–Trinajstić information content (AvgIpc) is 3.41. The van der Waals surface area contributed by atoms with Gasteiger partial charge in [0.25, 0.3) is 35.4 Å². The second-order valence-electron chi connectivity index (χ2n) is 17.8. The minimum atomic E-state index is -0.630. The van der Waals surface area contributed by atoms with Crippen LogP contribution in [0, 0.1) is 74.1 Å². The number of nitrogens with zero attached hydrogens (tertiary/aromatic N) is 1. The fourth-order valence-corrected chi connectivity index (χ4v) is 8.22. The third kappa shape index (κ3) is 13.3. The summed E-state index contributed by atoms with van der Waals surface area (Å²) in [6.07, 6.45) is 32.3. The third-order valence-electron chi connectivity index (χ3n) is 12.2. The molecule has 0 aromatic heterocycles. The first-order valence-electron chi connectivity index (χ1n) is 24.5. The number of esters is 2. The molecule has 0 spiro atoms. The van der Waals surface area contributed by atoms with Crippen molar-refractivity contribution >= 4 is 81.5 Å². The third-order valence-corrected chi connectivity index (χ3v) is 12.2. The van der Waals surface area contributed by atoms with Gasteiger partial charge in [-0.25, -0.2) is 14.5 Å². The molecular weight excluding hydrogens is 1040 g/mol. The number of carbonyl (C=O) groups excluding carboxylic acids is 8. The number of nitrogen functional groups attached to an aromatic ring is 1. The van der Waals surface area contributed by atoms with E-state index in [1.165, 1.54) is 60.7 Å². The summed E-state index contributed by atoms with van der Waals surface area (Å²) in [5.74, 6) is 10.4. The second-order valence-corrected chi connectivity index (χ2v) is 17.8. The molecule has 0 fully saturated rings. The summed E-state index contributed by atoms with van der Waals surface area (Å²) in [6.45, 7) is 0. The summed E-state index contributed by atoms with van der Waals surface area (Å²) in [7, 11) is 0. The van der Waals surface area contributed by atoms with Crippen molar-refractivity contribution in [1.29, 1.82) is 0 Å². The average molecular weight is 1090 g/mol. The molecule has 0 saturated heterocycles. The van der Waals surface area contributed by atoms with Crippen LogP contribution in [0.15, 0.2) is 170 Å². The number of fused-ring (bicyclic) bond motifs is 2. The van der Waals surface area contributed by atoms with E-state index in [-0.39, 0.29) is 55.9 Å². The second kappa shape index (κ2) is 25.0. The van der Waals surface area contributed by atoms with Gasteiger partial charge in [-0.05, 0) is 146 Å². The number of anilines is 6. The summed E-state index contributed by atoms with van der Waals surface area (Å²) in [5.41, 5.74) is 12.9. The number of benzene rings is 8. The molecular formula is C68H40N6O9. The van der Waals surface area contributed by atoms with E-state index in [0.717, 1.165) is 4.90 Å². The predicted molar refractivity (Wildman–Crippen MR) is 316 cm³/mol. The van der Waals surface area contributed by atoms with Gasteiger partial charge in [-0.2, -0.15) is 0 Å². The summed E-state index contributed by atoms with van der Waals surface area (Å²) in [4.78, 5) is 101. The van der Waals surface area contributed by atoms with Gasteiger partial charge >= 0.3 is 11.9 Å². The number of terminal acetylenes is 6. The van der Waals surface area contributed by atoms with Gasteiger partial charge in [-0.15, -0.1) is 38.5 Å². The summed E-state index contributed by atoms with van der Waals surface area (Å²) in [6, 6.07) is 44.7. The zero-order chi connectivity index (χ0) is 59.3. The molecule has 6 amide bonds. The van der Waals surface area contributed by atoms with E-state index >= 15 is 0 Å². The van der Waals surface area contributed by atoms with Crippen LogP contribution >= 0.6 is 0 Å². The summed E-state index contributed by atoms with van der Waals surface area (Å²) in [5, 5.41) is 11.0. The largest absolute Gasteiger partial charge is 0.399 e. The van der Waals surface area contributed by atoms with Crippen LogP contribution in [0.2, 0.25) is 0 Å². The molecule has 83 heavy (non-hydrogen) atoms. The van der Waals surface area contributed by atoms with Crippen molar-refractivity contribution in [2.45, 2.75) is 0 Å². The monoisotopic (exact) mass is 1080 g/mol. The van der Waals surface area contributed by atoms with Crippen LogP contribution < -0.4 is 31.9 Å². The lowest BCUT2D eigenvalue weighted by molar-refractivity contribution is 0.0442. The number of nitrogens with one attached hydrogen (secondary N) is 4. The molecule has 8 aromatic carbocycles. The number of nitrogens with two attached hydrogens (primary N) is 1. The van der Waals surface area contributed by atoms with Gasteiger partial charge in [0.1, 0.15) is 0 Å². The summed E-state index contributed by atoms with van der Waals surface area (Å²) >= 11 is 0. The molecule has 0 radical (unpaired) electrons. The lowest BCUT2D eigenvalue weighted by Gasteiger charge is -2.17. The Labute approximate surface area is 476 Å². The maximum atomic E-state index is 13.4. The Morgan fingerprint density at radius 2 is 0.675 bits per heavy atom. The van der Waals surface area contributed by atoms with Crippen molar-refractivity contribution in [3.63, 3.8) is 0 Å². The Hall–Kier alpha value is -12.9. The Morgan fingerprint density at radius 3 is 1.05 bits per heavy atom. The zero-order valence-electron chi connectivity index (χ0n) is 43.3. The Morgan fingerprint density at radius 1 is 0.361 bits per heavy atom. The molecule has 8 aromatic rings. The van der Waals surface area contributed by atoms with Crippen LogP contribution in [0.4, 0.5) is 34.1 Å². The maximum absolute atomic E-state index is 13.4. The van der Waals surface area contributed by atoms with E-state index in [1.807, 2.05) is 0 Å². The first kappa shape index (κ1) is 56.3. The molecule has 15 nitrogen and oxygen atoms in total. The Balaban J connectivity index is 0.000000185. The number of hydrogen-bond acceptors (Lipinski definition) is 10. The number of ether oxygens (including phenoxy) is 1. The molecule has 2 aliphatic rings. The Bertz CT molecular complexity index is 4180. The molecule has 0 atom stereocenters. The van der Waals surface area contributed by atoms with E-state index in [0.29, 0.717) is 56.1 Å². The van der Waals surface area contributed by atoms with Crippen molar-refractivity contribution in [1.82, 2.24) is 0 Å². The van der Waals surface area contributed by atoms with Crippen molar-refractivity contribution in [3.8, 4) is 74.1 Å². The van der Waals surface area contributed by atoms with Crippen LogP contribution in [0.25, 0.3) is 0 Å². The van der Waals surface area contributed by atoms with Gasteiger partial charge in [0.2, 0.25) is 0 Å². The van der Waals surface area contributed by atoms with Crippen molar-refractivity contribution in [3.05, 3.63) is 248 Å². The van der Waals surface area contributed by atoms with E-state index in [1.54, 1.807) is 109 Å². The van der Waals surface area contributed by atoms with Gasteiger partial charge in [0, 0.05) is 84.1 Å². The first-order chi connectivity index (χ1) is 40.0. The highest BCUT2D eigenvalue weighted by Crippen LogP contribution is 2.32. The van der Waals surface area contributed by atoms with Gasteiger partial charge in [0.15, 0.2) is 0 Å². The SMILES string of the molecule is C#Cc1ccc2c(c1)C(=O)OC2=O.C#Cc1cccc(NC(=O)c2cc(C(=O)Nc3cccc(C#C)c3)cc(N3C(=O)c4ccc(C#C)cc4C3=O)c2)c1.C#Cc1cccc(NC(=O)c2cc(N)cc(C(=O)Nc3cccc(C#C)c3)c2)c1. The smallest absolute Gasteiger partial charge is 0.346 e. The topological polar surface area (TPSA) is 223 Å². The molecule has 2 aliphatic heterocycles. The normalized spacial score (nSPS) is 11.2. The zero-order valence-corrected chi connectivity index (χ0v) is 43.3. The van der Waals surface area contributed by atoms with Gasteiger partial charge < -0.3 is 31.7 Å². The number of imide groups is 1. The summed E-state index contributed by atoms with van der Waals surface area (Å²) < 4.78 is 4.38. The number of carbonyl (C=O) groups is 8. The standard InChI is InChI=1S/C34H19N3O4.C24H17N3O2.C10H4O3/c1-4-21-9-7-11-26(15-21)35-31(38)24-18-25(32(39)36-27-12-8-10-22(5-2)16-27)20-28(19-24)37-33(40)29-14-13-23(6-3)17-30(29)34(37)41;1-3-16-7-5-9-21(11-16)26-23(28)18-13-19(15-20(25)14-18)24(29)27-22-10-6-8-17(4-2)12-22;1-2-6-3-4-7-8(5-6)10(12)13-9(7)11/h1-3,7-20H,(H,35,38)(H,36,39);1-2,5-15H,25H2,(H,26,28)(H,27,29);1,3-5H. The van der Waals surface area contributed by atoms with E-state index in [2.05, 4.69) is 61.5 Å². The van der Waals surface area contributed by atoms with Gasteiger partial charge in [-0.3, -0.25) is 28.8 Å². The quantitative estimate of drug-likeness (QED) is 0.0303. The molecule has 2 heterocycles. The highest BCUT2D eigenvalue weighted by atomic mass is 16.6. The van der Waals surface area contributed by atoms with Gasteiger partial charge in [-0.1, -0.05) is 59.8 Å². The predicted octanol–water partition coefficient (Wildman–Crippen LogP) is 9.65. The lowest BCUT2D eigenvalue weighted by Crippen LogP contribution is -2.30. The van der Waals surface area contributed by atoms with Crippen LogP contribution in [0.3, 0.4) is 0 Å². The van der Waals surface area contributed by atoms with E-state index < -0.39 is 47.4 Å². The number of rotatable bonds is 9. The molecule has 6 N–H and O–H groups in total. The molecule has 10 rings (SSSR count). The molecule has 396 valence electrons. The molecule has 0 saturated carbocycles. The molecule has 0 unspecified atom stereocenters. The molecule has 0 aliphatic carbocycles. The van der Waals surface area contributed by atoms with Crippen molar-refractivity contribution < 1.29 is 43.1 Å². The van der Waals surface area contributed by atoms with Crippen LogP contribution in [0.5, 0.6) is 0 Å². The molecule has 0 bridgehead atoms. The number of amides is 6. The highest BCUT2D eigenvalue weighted by Gasteiger charge is 2.38. The van der Waals surface area contributed by atoms with Crippen molar-refractivity contribution in [2.75, 3.05) is 31.9 Å². The molecule has 15 heteroatoms. The number of hydrogen-bond donors (Lipinski definition) is 5. The first-order valence-corrected chi connectivity index (χ1v) is 24.5. The minimum Gasteiger partial charge on any atom is -0.399 e. The maximum Gasteiger partial charge on any atom is 0.346 e. The van der Waals surface area contributed by atoms with E-state index in [4.69, 9.17) is 44.3 Å². The van der Waals surface area contributed by atoms with Crippen molar-refractivity contribution in [2.24, 2.45) is 0 Å². The minimum absolute atomic E-state index is 0.0250. The van der Waals surface area contributed by atoms with Crippen LogP contribution in [0.1, 0.15) is 116 Å². The lowest BCUT2D eigenvalue weighted by atomic mass is 10.1.